The van der Waals surface area contributed by atoms with Crippen LogP contribution in [0.4, 0.5) is 6.01 Å². The van der Waals surface area contributed by atoms with Gasteiger partial charge in [-0.15, -0.1) is 5.10 Å². The van der Waals surface area contributed by atoms with Gasteiger partial charge < -0.3 is 15.5 Å². The smallest absolute Gasteiger partial charge is 0.315 e. The summed E-state index contributed by atoms with van der Waals surface area (Å²) in [5.41, 5.74) is 5.35. The van der Waals surface area contributed by atoms with E-state index in [0.29, 0.717) is 24.9 Å². The highest BCUT2D eigenvalue weighted by atomic mass is 16.4. The number of anilines is 1. The van der Waals surface area contributed by atoms with Gasteiger partial charge in [-0.3, -0.25) is 0 Å². The molecular formula is C8H14N4O. The second kappa shape index (κ2) is 3.74. The van der Waals surface area contributed by atoms with Gasteiger partial charge in [0.15, 0.2) is 0 Å². The van der Waals surface area contributed by atoms with Gasteiger partial charge in [0.2, 0.25) is 5.89 Å². The van der Waals surface area contributed by atoms with Gasteiger partial charge >= 0.3 is 6.01 Å². The van der Waals surface area contributed by atoms with Crippen molar-refractivity contribution in [2.75, 3.05) is 18.4 Å². The van der Waals surface area contributed by atoms with Crippen molar-refractivity contribution in [1.82, 2.24) is 10.2 Å². The Morgan fingerprint density at radius 2 is 2.31 bits per heavy atom. The lowest BCUT2D eigenvalue weighted by Crippen LogP contribution is -2.03. The predicted octanol–water partition coefficient (Wildman–Crippen LogP) is 0.393. The standard InChI is InChI=1S/C8H14N4O/c9-4-3-7-11-12-8(13-7)10-5-6-1-2-6/h6H,1-5,9H2,(H,10,12). The van der Waals surface area contributed by atoms with Crippen molar-refractivity contribution in [3.05, 3.63) is 5.89 Å². The summed E-state index contributed by atoms with van der Waals surface area (Å²) < 4.78 is 5.29. The van der Waals surface area contributed by atoms with Gasteiger partial charge in [-0.25, -0.2) is 0 Å². The van der Waals surface area contributed by atoms with E-state index in [1.165, 1.54) is 12.8 Å². The highest BCUT2D eigenvalue weighted by Crippen LogP contribution is 2.28. The molecule has 1 aliphatic carbocycles. The van der Waals surface area contributed by atoms with Crippen LogP contribution < -0.4 is 11.1 Å². The lowest BCUT2D eigenvalue weighted by atomic mass is 10.4. The molecule has 1 aromatic heterocycles. The van der Waals surface area contributed by atoms with Crippen LogP contribution in [-0.4, -0.2) is 23.3 Å². The molecule has 0 saturated heterocycles. The quantitative estimate of drug-likeness (QED) is 0.689. The summed E-state index contributed by atoms with van der Waals surface area (Å²) in [6.07, 6.45) is 3.28. The summed E-state index contributed by atoms with van der Waals surface area (Å²) in [4.78, 5) is 0. The minimum atomic E-state index is 0.523. The minimum Gasteiger partial charge on any atom is -0.408 e. The first-order valence-electron chi connectivity index (χ1n) is 4.65. The molecule has 13 heavy (non-hydrogen) atoms. The number of aromatic nitrogens is 2. The second-order valence-electron chi connectivity index (χ2n) is 3.36. The Kier molecular flexibility index (Phi) is 2.44. The largest absolute Gasteiger partial charge is 0.408 e. The maximum atomic E-state index is 5.35. The lowest BCUT2D eigenvalue weighted by Gasteiger charge is -1.96. The Morgan fingerprint density at radius 1 is 1.46 bits per heavy atom. The molecule has 1 saturated carbocycles. The van der Waals surface area contributed by atoms with Crippen LogP contribution in [-0.2, 0) is 6.42 Å². The van der Waals surface area contributed by atoms with Crippen molar-refractivity contribution in [2.24, 2.45) is 11.7 Å². The molecule has 1 heterocycles. The summed E-state index contributed by atoms with van der Waals surface area (Å²) in [5.74, 6) is 1.42. The third kappa shape index (κ3) is 2.42. The summed E-state index contributed by atoms with van der Waals surface area (Å²) >= 11 is 0. The molecule has 72 valence electrons. The molecule has 1 fully saturated rings. The zero-order valence-corrected chi connectivity index (χ0v) is 7.49. The molecular weight excluding hydrogens is 168 g/mol. The summed E-state index contributed by atoms with van der Waals surface area (Å²) in [6, 6.07) is 0.523. The number of nitrogens with zero attached hydrogens (tertiary/aromatic N) is 2. The maximum Gasteiger partial charge on any atom is 0.315 e. The lowest BCUT2D eigenvalue weighted by molar-refractivity contribution is 0.505. The molecule has 3 N–H and O–H groups in total. The number of hydrogen-bond acceptors (Lipinski definition) is 5. The average molecular weight is 182 g/mol. The van der Waals surface area contributed by atoms with Gasteiger partial charge in [-0.2, -0.15) is 0 Å². The Morgan fingerprint density at radius 3 is 3.00 bits per heavy atom. The van der Waals surface area contributed by atoms with E-state index < -0.39 is 0 Å². The van der Waals surface area contributed by atoms with Crippen molar-refractivity contribution < 1.29 is 4.42 Å². The number of nitrogens with one attached hydrogen (secondary N) is 1. The van der Waals surface area contributed by atoms with Gasteiger partial charge in [0.05, 0.1) is 0 Å². The van der Waals surface area contributed by atoms with Crippen LogP contribution in [0.5, 0.6) is 0 Å². The number of nitrogens with two attached hydrogens (primary N) is 1. The Hall–Kier alpha value is -1.10. The highest BCUT2D eigenvalue weighted by molar-refractivity contribution is 5.17. The zero-order chi connectivity index (χ0) is 9.10. The van der Waals surface area contributed by atoms with Crippen LogP contribution in [0.3, 0.4) is 0 Å². The van der Waals surface area contributed by atoms with Crippen LogP contribution >= 0.6 is 0 Å². The number of rotatable bonds is 5. The zero-order valence-electron chi connectivity index (χ0n) is 7.49. The number of hydrogen-bond donors (Lipinski definition) is 2. The molecule has 0 amide bonds. The van der Waals surface area contributed by atoms with Crippen LogP contribution in [0.25, 0.3) is 0 Å². The molecule has 0 atom stereocenters. The van der Waals surface area contributed by atoms with E-state index in [1.807, 2.05) is 0 Å². The molecule has 1 aromatic rings. The average Bonchev–Trinajstić information content (AvgIpc) is 2.85. The summed E-state index contributed by atoms with van der Waals surface area (Å²) in [6.45, 7) is 1.49. The van der Waals surface area contributed by atoms with E-state index in [4.69, 9.17) is 10.2 Å². The maximum absolute atomic E-state index is 5.35. The van der Waals surface area contributed by atoms with Gasteiger partial charge in [0.1, 0.15) is 0 Å². The second-order valence-corrected chi connectivity index (χ2v) is 3.36. The van der Waals surface area contributed by atoms with Gasteiger partial charge in [-0.05, 0) is 18.8 Å². The Balaban J connectivity index is 1.81. The van der Waals surface area contributed by atoms with Crippen LogP contribution in [0.2, 0.25) is 0 Å². The first kappa shape index (κ1) is 8.50. The van der Waals surface area contributed by atoms with E-state index in [1.54, 1.807) is 0 Å². The van der Waals surface area contributed by atoms with E-state index in [-0.39, 0.29) is 0 Å². The Labute approximate surface area is 76.7 Å². The first-order chi connectivity index (χ1) is 6.38. The summed E-state index contributed by atoms with van der Waals surface area (Å²) in [7, 11) is 0. The first-order valence-corrected chi connectivity index (χ1v) is 4.65. The molecule has 5 heteroatoms. The molecule has 1 aliphatic rings. The van der Waals surface area contributed by atoms with E-state index in [0.717, 1.165) is 12.5 Å². The topological polar surface area (TPSA) is 77.0 Å². The molecule has 0 aromatic carbocycles. The van der Waals surface area contributed by atoms with Gasteiger partial charge in [-0.1, -0.05) is 5.10 Å². The van der Waals surface area contributed by atoms with Crippen molar-refractivity contribution in [1.29, 1.82) is 0 Å². The van der Waals surface area contributed by atoms with Crippen molar-refractivity contribution in [3.8, 4) is 0 Å². The fourth-order valence-electron chi connectivity index (χ4n) is 1.10. The normalized spacial score (nSPS) is 16.1. The van der Waals surface area contributed by atoms with Crippen molar-refractivity contribution >= 4 is 6.01 Å². The molecule has 2 rings (SSSR count). The molecule has 0 radical (unpaired) electrons. The van der Waals surface area contributed by atoms with Crippen LogP contribution in [0, 0.1) is 5.92 Å². The third-order valence-electron chi connectivity index (χ3n) is 2.06. The third-order valence-corrected chi connectivity index (χ3v) is 2.06. The van der Waals surface area contributed by atoms with E-state index in [2.05, 4.69) is 15.5 Å². The molecule has 0 spiro atoms. The van der Waals surface area contributed by atoms with Crippen molar-refractivity contribution in [2.45, 2.75) is 19.3 Å². The molecule has 0 unspecified atom stereocenters. The fraction of sp³-hybridized carbons (Fsp3) is 0.750. The van der Waals surface area contributed by atoms with Crippen molar-refractivity contribution in [3.63, 3.8) is 0 Å². The Bertz CT molecular complexity index is 269. The predicted molar refractivity (Wildman–Crippen MR) is 48.3 cm³/mol. The summed E-state index contributed by atoms with van der Waals surface area (Å²) in [5, 5.41) is 10.8. The van der Waals surface area contributed by atoms with E-state index in [9.17, 15) is 0 Å². The van der Waals surface area contributed by atoms with E-state index >= 15 is 0 Å². The van der Waals surface area contributed by atoms with Gasteiger partial charge in [0, 0.05) is 19.5 Å². The monoisotopic (exact) mass is 182 g/mol. The fourth-order valence-corrected chi connectivity index (χ4v) is 1.10. The molecule has 0 aliphatic heterocycles. The van der Waals surface area contributed by atoms with Crippen LogP contribution in [0.15, 0.2) is 4.42 Å². The minimum absolute atomic E-state index is 0.523. The molecule has 5 nitrogen and oxygen atoms in total. The SMILES string of the molecule is NCCc1nnc(NCC2CC2)o1. The van der Waals surface area contributed by atoms with Crippen LogP contribution in [0.1, 0.15) is 18.7 Å². The van der Waals surface area contributed by atoms with Gasteiger partial charge in [0.25, 0.3) is 0 Å². The molecule has 0 bridgehead atoms. The highest BCUT2D eigenvalue weighted by Gasteiger charge is 2.21.